The van der Waals surface area contributed by atoms with Gasteiger partial charge in [0.05, 0.1) is 33.0 Å². The van der Waals surface area contributed by atoms with Gasteiger partial charge in [-0.2, -0.15) is 0 Å². The minimum absolute atomic E-state index is 0.0145. The molecule has 1 fully saturated rings. The van der Waals surface area contributed by atoms with E-state index in [4.69, 9.17) is 18.6 Å². The van der Waals surface area contributed by atoms with E-state index in [-0.39, 0.29) is 18.8 Å². The van der Waals surface area contributed by atoms with Gasteiger partial charge in [0.2, 0.25) is 5.78 Å². The van der Waals surface area contributed by atoms with Gasteiger partial charge < -0.3 is 18.6 Å². The lowest BCUT2D eigenvalue weighted by Gasteiger charge is -2.30. The Labute approximate surface area is 156 Å². The molecule has 1 saturated carbocycles. The van der Waals surface area contributed by atoms with Gasteiger partial charge in [-0.3, -0.25) is 14.4 Å². The molecule has 3 atom stereocenters. The molecule has 0 radical (unpaired) electrons. The summed E-state index contributed by atoms with van der Waals surface area (Å²) in [6.45, 7) is 5.28. The summed E-state index contributed by atoms with van der Waals surface area (Å²) >= 11 is 0. The van der Waals surface area contributed by atoms with Gasteiger partial charge >= 0.3 is 17.9 Å². The van der Waals surface area contributed by atoms with Crippen molar-refractivity contribution < 1.29 is 37.8 Å². The molecule has 0 saturated heterocycles. The molecule has 146 valence electrons. The number of ketones is 1. The van der Waals surface area contributed by atoms with Gasteiger partial charge in [-0.25, -0.2) is 4.79 Å². The minimum Gasteiger partial charge on any atom is -0.469 e. The summed E-state index contributed by atoms with van der Waals surface area (Å²) < 4.78 is 20.0. The molecule has 1 aliphatic carbocycles. The standard InChI is InChI=1S/C19H22O8/c1-5-11-10-19(17(22)24-3,18(23)25-4)14(12-8-7-9-27-12)13(11)15(20)16(21)26-6-2/h5,7-9,11,13-14H,1,6,10H2,2-4H3/t11-,13-,14+/m0/s1. The van der Waals surface area contributed by atoms with Gasteiger partial charge in [-0.05, 0) is 31.4 Å². The van der Waals surface area contributed by atoms with E-state index >= 15 is 0 Å². The first kappa shape index (κ1) is 20.4. The Kier molecular flexibility index (Phi) is 6.20. The summed E-state index contributed by atoms with van der Waals surface area (Å²) in [7, 11) is 2.27. The van der Waals surface area contributed by atoms with Gasteiger partial charge in [-0.15, -0.1) is 6.58 Å². The second-order valence-electron chi connectivity index (χ2n) is 6.16. The van der Waals surface area contributed by atoms with Crippen molar-refractivity contribution in [2.45, 2.75) is 19.3 Å². The van der Waals surface area contributed by atoms with Crippen LogP contribution in [0.3, 0.4) is 0 Å². The predicted octanol–water partition coefficient (Wildman–Crippen LogP) is 1.65. The lowest BCUT2D eigenvalue weighted by Crippen LogP contribution is -2.45. The van der Waals surface area contributed by atoms with Crippen LogP contribution >= 0.6 is 0 Å². The van der Waals surface area contributed by atoms with Crippen LogP contribution in [-0.2, 0) is 33.4 Å². The monoisotopic (exact) mass is 378 g/mol. The number of methoxy groups -OCH3 is 2. The highest BCUT2D eigenvalue weighted by atomic mass is 16.5. The Bertz CT molecular complexity index is 717. The van der Waals surface area contributed by atoms with Crippen LogP contribution in [0.2, 0.25) is 0 Å². The van der Waals surface area contributed by atoms with Crippen molar-refractivity contribution in [2.24, 2.45) is 17.3 Å². The lowest BCUT2D eigenvalue weighted by atomic mass is 9.72. The first-order chi connectivity index (χ1) is 12.9. The molecular formula is C19H22O8. The maximum Gasteiger partial charge on any atom is 0.374 e. The Morgan fingerprint density at radius 1 is 1.26 bits per heavy atom. The number of rotatable bonds is 7. The number of furan rings is 1. The summed E-state index contributed by atoms with van der Waals surface area (Å²) in [5.74, 6) is -6.33. The Balaban J connectivity index is 2.69. The molecule has 0 aliphatic heterocycles. The van der Waals surface area contributed by atoms with Crippen molar-refractivity contribution in [1.82, 2.24) is 0 Å². The van der Waals surface area contributed by atoms with E-state index in [0.29, 0.717) is 0 Å². The molecule has 8 nitrogen and oxygen atoms in total. The van der Waals surface area contributed by atoms with E-state index in [1.807, 2.05) is 0 Å². The van der Waals surface area contributed by atoms with Crippen LogP contribution in [0.4, 0.5) is 0 Å². The van der Waals surface area contributed by atoms with Crippen LogP contribution < -0.4 is 0 Å². The Hall–Kier alpha value is -2.90. The zero-order chi connectivity index (χ0) is 20.2. The number of Topliss-reactive ketones (excluding diaryl/α,β-unsaturated/α-hetero) is 1. The van der Waals surface area contributed by atoms with E-state index in [1.165, 1.54) is 18.4 Å². The third kappa shape index (κ3) is 3.27. The van der Waals surface area contributed by atoms with Crippen LogP contribution in [0.25, 0.3) is 0 Å². The molecule has 1 aliphatic rings. The summed E-state index contributed by atoms with van der Waals surface area (Å²) in [6.07, 6.45) is 2.67. The number of carbonyl (C=O) groups excluding carboxylic acids is 4. The molecule has 1 aromatic rings. The quantitative estimate of drug-likeness (QED) is 0.232. The van der Waals surface area contributed by atoms with Gasteiger partial charge in [0.25, 0.3) is 0 Å². The molecular weight excluding hydrogens is 356 g/mol. The number of ether oxygens (including phenoxy) is 3. The third-order valence-electron chi connectivity index (χ3n) is 4.94. The van der Waals surface area contributed by atoms with Crippen LogP contribution in [-0.4, -0.2) is 44.5 Å². The van der Waals surface area contributed by atoms with Gasteiger partial charge in [0.15, 0.2) is 5.41 Å². The number of esters is 3. The SMILES string of the molecule is C=C[C@H]1CC(C(=O)OC)(C(=O)OC)[C@H](c2ccco2)[C@H]1C(=O)C(=O)OCC. The molecule has 1 heterocycles. The van der Waals surface area contributed by atoms with Crippen molar-refractivity contribution in [1.29, 1.82) is 0 Å². The van der Waals surface area contributed by atoms with E-state index in [0.717, 1.165) is 14.2 Å². The van der Waals surface area contributed by atoms with E-state index in [1.54, 1.807) is 13.0 Å². The fourth-order valence-electron chi connectivity index (χ4n) is 3.85. The first-order valence-corrected chi connectivity index (χ1v) is 8.42. The molecule has 2 rings (SSSR count). The molecule has 1 aromatic heterocycles. The minimum atomic E-state index is -1.85. The Morgan fingerprint density at radius 3 is 2.33 bits per heavy atom. The zero-order valence-corrected chi connectivity index (χ0v) is 15.4. The van der Waals surface area contributed by atoms with E-state index < -0.39 is 46.9 Å². The maximum absolute atomic E-state index is 12.9. The molecule has 27 heavy (non-hydrogen) atoms. The average molecular weight is 378 g/mol. The third-order valence-corrected chi connectivity index (χ3v) is 4.94. The molecule has 0 spiro atoms. The van der Waals surface area contributed by atoms with Crippen LogP contribution in [0.15, 0.2) is 35.5 Å². The highest BCUT2D eigenvalue weighted by molar-refractivity contribution is 6.35. The fraction of sp³-hybridized carbons (Fsp3) is 0.474. The zero-order valence-electron chi connectivity index (χ0n) is 15.4. The highest BCUT2D eigenvalue weighted by Crippen LogP contribution is 2.57. The van der Waals surface area contributed by atoms with Crippen molar-refractivity contribution in [3.63, 3.8) is 0 Å². The summed E-state index contributed by atoms with van der Waals surface area (Å²) in [5, 5.41) is 0. The van der Waals surface area contributed by atoms with Crippen molar-refractivity contribution in [3.05, 3.63) is 36.8 Å². The van der Waals surface area contributed by atoms with Crippen LogP contribution in [0.1, 0.15) is 25.0 Å². The van der Waals surface area contributed by atoms with Crippen molar-refractivity contribution in [3.8, 4) is 0 Å². The van der Waals surface area contributed by atoms with Gasteiger partial charge in [-0.1, -0.05) is 6.08 Å². The smallest absolute Gasteiger partial charge is 0.374 e. The highest BCUT2D eigenvalue weighted by Gasteiger charge is 2.67. The molecule has 0 amide bonds. The van der Waals surface area contributed by atoms with Crippen molar-refractivity contribution >= 4 is 23.7 Å². The van der Waals surface area contributed by atoms with Crippen molar-refractivity contribution in [2.75, 3.05) is 20.8 Å². The first-order valence-electron chi connectivity index (χ1n) is 8.42. The lowest BCUT2D eigenvalue weighted by molar-refractivity contribution is -0.171. The van der Waals surface area contributed by atoms with E-state index in [9.17, 15) is 19.2 Å². The van der Waals surface area contributed by atoms with Gasteiger partial charge in [0.1, 0.15) is 5.76 Å². The predicted molar refractivity (Wildman–Crippen MR) is 91.3 cm³/mol. The second kappa shape index (κ2) is 8.20. The summed E-state index contributed by atoms with van der Waals surface area (Å²) in [5.41, 5.74) is -1.85. The molecule has 0 bridgehead atoms. The average Bonchev–Trinajstić information content (AvgIpc) is 3.31. The molecule has 0 N–H and O–H groups in total. The molecule has 0 unspecified atom stereocenters. The normalized spacial score (nSPS) is 23.3. The fourth-order valence-corrected chi connectivity index (χ4v) is 3.85. The second-order valence-corrected chi connectivity index (χ2v) is 6.16. The molecule has 8 heteroatoms. The topological polar surface area (TPSA) is 109 Å². The number of hydrogen-bond acceptors (Lipinski definition) is 8. The van der Waals surface area contributed by atoms with Crippen LogP contribution in [0, 0.1) is 17.3 Å². The maximum atomic E-state index is 12.9. The number of carbonyl (C=O) groups is 4. The molecule has 0 aromatic carbocycles. The van der Waals surface area contributed by atoms with E-state index in [2.05, 4.69) is 6.58 Å². The summed E-state index contributed by atoms with van der Waals surface area (Å²) in [4.78, 5) is 50.5. The Morgan fingerprint density at radius 2 is 1.89 bits per heavy atom. The number of allylic oxidation sites excluding steroid dienone is 1. The summed E-state index contributed by atoms with van der Waals surface area (Å²) in [6, 6.07) is 3.09. The van der Waals surface area contributed by atoms with Gasteiger partial charge in [0, 0.05) is 5.92 Å². The largest absolute Gasteiger partial charge is 0.469 e. The van der Waals surface area contributed by atoms with Crippen LogP contribution in [0.5, 0.6) is 0 Å². The number of hydrogen-bond donors (Lipinski definition) is 0.